The highest BCUT2D eigenvalue weighted by atomic mass is 19.4. The van der Waals surface area contributed by atoms with Gasteiger partial charge in [-0.2, -0.15) is 18.3 Å². The van der Waals surface area contributed by atoms with Gasteiger partial charge in [0.1, 0.15) is 12.1 Å². The van der Waals surface area contributed by atoms with Crippen LogP contribution in [0.25, 0.3) is 10.9 Å². The van der Waals surface area contributed by atoms with Gasteiger partial charge in [0.25, 0.3) is 5.88 Å². The lowest BCUT2D eigenvalue weighted by molar-refractivity contribution is -0.0800. The van der Waals surface area contributed by atoms with E-state index in [0.29, 0.717) is 18.0 Å². The third-order valence-electron chi connectivity index (χ3n) is 4.23. The number of ether oxygens (including phenoxy) is 1. The normalized spacial score (nSPS) is 12.2. The highest BCUT2D eigenvalue weighted by Gasteiger charge is 2.22. The van der Waals surface area contributed by atoms with E-state index in [1.165, 1.54) is 0 Å². The van der Waals surface area contributed by atoms with Crippen LogP contribution < -0.4 is 4.74 Å². The number of fused-ring (bicyclic) bond motifs is 1. The number of hydrogen-bond donors (Lipinski definition) is 0. The summed E-state index contributed by atoms with van der Waals surface area (Å²) < 4.78 is 44.9. The largest absolute Gasteiger partial charge is 0.470 e. The van der Waals surface area contributed by atoms with Crippen molar-refractivity contribution >= 4 is 10.9 Å². The van der Waals surface area contributed by atoms with E-state index >= 15 is 0 Å². The fraction of sp³-hybridized carbons (Fsp3) is 0.263. The molecule has 0 spiro atoms. The third-order valence-corrected chi connectivity index (χ3v) is 4.23. The second-order valence-electron chi connectivity index (χ2n) is 5.95. The van der Waals surface area contributed by atoms with Gasteiger partial charge < -0.3 is 9.30 Å². The summed E-state index contributed by atoms with van der Waals surface area (Å²) in [6, 6.07) is 9.58. The summed E-state index contributed by atoms with van der Waals surface area (Å²) in [5.41, 5.74) is 3.42. The number of halogens is 3. The van der Waals surface area contributed by atoms with Crippen molar-refractivity contribution in [1.82, 2.24) is 14.8 Å². The minimum absolute atomic E-state index is 0.0725. The van der Waals surface area contributed by atoms with Crippen LogP contribution in [0.2, 0.25) is 0 Å². The maximum Gasteiger partial charge on any atom is 0.409 e. The SMILES string of the molecule is Cc1c(C)n(C/C=C/C(F)(F)F)c2c(OCc3ccccc3)nncc12. The van der Waals surface area contributed by atoms with Crippen molar-refractivity contribution in [1.29, 1.82) is 0 Å². The Kier molecular flexibility index (Phi) is 4.97. The van der Waals surface area contributed by atoms with E-state index in [0.717, 1.165) is 28.3 Å². The minimum Gasteiger partial charge on any atom is -0.470 e. The summed E-state index contributed by atoms with van der Waals surface area (Å²) >= 11 is 0. The molecule has 0 aliphatic rings. The number of aromatic nitrogens is 3. The van der Waals surface area contributed by atoms with Crippen LogP contribution in [0, 0.1) is 13.8 Å². The molecule has 1 aromatic carbocycles. The molecule has 0 saturated heterocycles. The maximum atomic E-state index is 12.4. The first-order chi connectivity index (χ1) is 12.4. The third kappa shape index (κ3) is 3.87. The van der Waals surface area contributed by atoms with Crippen LogP contribution in [0.4, 0.5) is 13.2 Å². The fourth-order valence-electron chi connectivity index (χ4n) is 2.81. The van der Waals surface area contributed by atoms with Gasteiger partial charge in [-0.15, -0.1) is 5.10 Å². The average molecular weight is 361 g/mol. The summed E-state index contributed by atoms with van der Waals surface area (Å²) in [7, 11) is 0. The molecule has 0 saturated carbocycles. The molecule has 0 amide bonds. The highest BCUT2D eigenvalue weighted by molar-refractivity contribution is 5.88. The van der Waals surface area contributed by atoms with Gasteiger partial charge >= 0.3 is 6.18 Å². The quantitative estimate of drug-likeness (QED) is 0.616. The van der Waals surface area contributed by atoms with Gasteiger partial charge in [0, 0.05) is 23.7 Å². The highest BCUT2D eigenvalue weighted by Crippen LogP contribution is 2.30. The topological polar surface area (TPSA) is 39.9 Å². The molecular weight excluding hydrogens is 343 g/mol. The zero-order valence-corrected chi connectivity index (χ0v) is 14.4. The first-order valence-corrected chi connectivity index (χ1v) is 8.09. The Morgan fingerprint density at radius 1 is 1.15 bits per heavy atom. The van der Waals surface area contributed by atoms with Crippen LogP contribution >= 0.6 is 0 Å². The zero-order chi connectivity index (χ0) is 18.7. The standard InChI is InChI=1S/C19H18F3N3O/c1-13-14(2)25(10-6-9-19(20,21)22)17-16(13)11-23-24-18(17)26-12-15-7-4-3-5-8-15/h3-9,11H,10,12H2,1-2H3/b9-6+. The van der Waals surface area contributed by atoms with Gasteiger partial charge in [-0.3, -0.25) is 0 Å². The Balaban J connectivity index is 1.96. The molecule has 0 fully saturated rings. The smallest absolute Gasteiger partial charge is 0.409 e. The molecule has 26 heavy (non-hydrogen) atoms. The average Bonchev–Trinajstić information content (AvgIpc) is 2.85. The molecule has 0 atom stereocenters. The molecule has 136 valence electrons. The number of alkyl halides is 3. The number of aryl methyl sites for hydroxylation is 1. The molecular formula is C19H18F3N3O. The molecule has 0 unspecified atom stereocenters. The molecule has 0 aliphatic heterocycles. The van der Waals surface area contributed by atoms with E-state index in [1.807, 2.05) is 44.2 Å². The van der Waals surface area contributed by atoms with Crippen molar-refractivity contribution in [2.24, 2.45) is 0 Å². The molecule has 0 bridgehead atoms. The molecule has 2 heterocycles. The first kappa shape index (κ1) is 18.0. The van der Waals surface area contributed by atoms with Crippen molar-refractivity contribution in [3.8, 4) is 5.88 Å². The van der Waals surface area contributed by atoms with E-state index in [4.69, 9.17) is 4.74 Å². The van der Waals surface area contributed by atoms with Crippen LogP contribution in [-0.4, -0.2) is 20.9 Å². The minimum atomic E-state index is -4.33. The number of nitrogens with zero attached hydrogens (tertiary/aromatic N) is 3. The van der Waals surface area contributed by atoms with Gasteiger partial charge in [-0.1, -0.05) is 36.4 Å². The number of hydrogen-bond acceptors (Lipinski definition) is 3. The Morgan fingerprint density at radius 2 is 1.88 bits per heavy atom. The van der Waals surface area contributed by atoms with Crippen LogP contribution in [0.1, 0.15) is 16.8 Å². The van der Waals surface area contributed by atoms with Gasteiger partial charge in [0.2, 0.25) is 0 Å². The van der Waals surface area contributed by atoms with Crippen LogP contribution in [-0.2, 0) is 13.2 Å². The Morgan fingerprint density at radius 3 is 2.58 bits per heavy atom. The molecule has 3 rings (SSSR count). The summed E-state index contributed by atoms with van der Waals surface area (Å²) in [6.07, 6.45) is -1.39. The molecule has 0 aliphatic carbocycles. The van der Waals surface area contributed by atoms with E-state index in [2.05, 4.69) is 10.2 Å². The van der Waals surface area contributed by atoms with Crippen molar-refractivity contribution in [2.75, 3.05) is 0 Å². The molecule has 3 aromatic rings. The zero-order valence-electron chi connectivity index (χ0n) is 14.4. The molecule has 0 N–H and O–H groups in total. The fourth-order valence-corrected chi connectivity index (χ4v) is 2.81. The second kappa shape index (κ2) is 7.19. The Bertz CT molecular complexity index is 931. The molecule has 0 radical (unpaired) electrons. The van der Waals surface area contributed by atoms with Crippen molar-refractivity contribution in [3.63, 3.8) is 0 Å². The lowest BCUT2D eigenvalue weighted by Crippen LogP contribution is -2.05. The van der Waals surface area contributed by atoms with Gasteiger partial charge in [0.05, 0.1) is 6.20 Å². The Labute approximate surface area is 148 Å². The van der Waals surface area contributed by atoms with E-state index < -0.39 is 6.18 Å². The van der Waals surface area contributed by atoms with Crippen LogP contribution in [0.15, 0.2) is 48.7 Å². The number of allylic oxidation sites excluding steroid dienone is 2. The predicted molar refractivity (Wildman–Crippen MR) is 93.0 cm³/mol. The molecule has 4 nitrogen and oxygen atoms in total. The first-order valence-electron chi connectivity index (χ1n) is 8.09. The summed E-state index contributed by atoms with van der Waals surface area (Å²) in [5, 5.41) is 8.85. The van der Waals surface area contributed by atoms with E-state index in [1.54, 1.807) is 10.8 Å². The number of rotatable bonds is 5. The maximum absolute atomic E-state index is 12.4. The van der Waals surface area contributed by atoms with Gasteiger partial charge in [0.15, 0.2) is 0 Å². The van der Waals surface area contributed by atoms with Crippen LogP contribution in [0.5, 0.6) is 5.88 Å². The molecule has 2 aromatic heterocycles. The summed E-state index contributed by atoms with van der Waals surface area (Å²) in [6.45, 7) is 4.14. The molecule has 7 heteroatoms. The predicted octanol–water partition coefficient (Wildman–Crippen LogP) is 4.75. The summed E-state index contributed by atoms with van der Waals surface area (Å²) in [5.74, 6) is 0.308. The lowest BCUT2D eigenvalue weighted by atomic mass is 10.2. The summed E-state index contributed by atoms with van der Waals surface area (Å²) in [4.78, 5) is 0. The van der Waals surface area contributed by atoms with Crippen LogP contribution in [0.3, 0.4) is 0 Å². The van der Waals surface area contributed by atoms with Gasteiger partial charge in [-0.25, -0.2) is 0 Å². The van der Waals surface area contributed by atoms with E-state index in [-0.39, 0.29) is 12.6 Å². The van der Waals surface area contributed by atoms with Crippen molar-refractivity contribution < 1.29 is 17.9 Å². The Hall–Kier alpha value is -2.83. The monoisotopic (exact) mass is 361 g/mol. The van der Waals surface area contributed by atoms with E-state index in [9.17, 15) is 13.2 Å². The number of benzene rings is 1. The lowest BCUT2D eigenvalue weighted by Gasteiger charge is -2.10. The van der Waals surface area contributed by atoms with Gasteiger partial charge in [-0.05, 0) is 25.0 Å². The van der Waals surface area contributed by atoms with Crippen molar-refractivity contribution in [3.05, 3.63) is 65.5 Å². The van der Waals surface area contributed by atoms with Crippen molar-refractivity contribution in [2.45, 2.75) is 33.2 Å². The second-order valence-corrected chi connectivity index (χ2v) is 5.95.